The summed E-state index contributed by atoms with van der Waals surface area (Å²) in [6, 6.07) is 17.0. The third-order valence-electron chi connectivity index (χ3n) is 4.26. The van der Waals surface area contributed by atoms with Crippen LogP contribution >= 0.6 is 0 Å². The lowest BCUT2D eigenvalue weighted by atomic mass is 10.2. The normalized spacial score (nSPS) is 17.8. The summed E-state index contributed by atoms with van der Waals surface area (Å²) in [5.74, 6) is 0.832. The molecule has 1 unspecified atom stereocenters. The molecule has 0 spiro atoms. The molecule has 2 aromatic rings. The Morgan fingerprint density at radius 3 is 2.79 bits per heavy atom. The quantitative estimate of drug-likeness (QED) is 0.670. The van der Waals surface area contributed by atoms with Crippen molar-refractivity contribution < 1.29 is 0 Å². The number of rotatable bonds is 4. The second kappa shape index (κ2) is 7.81. The highest BCUT2D eigenvalue weighted by atomic mass is 15.2. The van der Waals surface area contributed by atoms with Crippen LogP contribution in [-0.4, -0.2) is 37.1 Å². The van der Waals surface area contributed by atoms with Gasteiger partial charge in [-0.3, -0.25) is 9.98 Å². The monoisotopic (exact) mass is 323 g/mol. The number of pyridine rings is 1. The number of para-hydroxylation sites is 1. The Morgan fingerprint density at radius 1 is 1.21 bits per heavy atom. The van der Waals surface area contributed by atoms with Gasteiger partial charge in [-0.25, -0.2) is 0 Å². The van der Waals surface area contributed by atoms with Crippen LogP contribution in [0.4, 0.5) is 5.69 Å². The van der Waals surface area contributed by atoms with Gasteiger partial charge in [-0.1, -0.05) is 24.3 Å². The van der Waals surface area contributed by atoms with Crippen LogP contribution in [0.1, 0.15) is 17.8 Å². The molecule has 3 rings (SSSR count). The lowest BCUT2D eigenvalue weighted by Crippen LogP contribution is -2.44. The Kier molecular flexibility index (Phi) is 5.31. The predicted octanol–water partition coefficient (Wildman–Crippen LogP) is 2.33. The van der Waals surface area contributed by atoms with E-state index in [0.717, 1.165) is 36.9 Å². The molecule has 1 aliphatic heterocycles. The minimum absolute atomic E-state index is 0.405. The topological polar surface area (TPSA) is 52.6 Å². The third-order valence-corrected chi connectivity index (χ3v) is 4.26. The van der Waals surface area contributed by atoms with Crippen molar-refractivity contribution in [3.8, 4) is 0 Å². The molecule has 0 aliphatic carbocycles. The van der Waals surface area contributed by atoms with E-state index in [1.54, 1.807) is 0 Å². The van der Waals surface area contributed by atoms with Gasteiger partial charge in [0.25, 0.3) is 0 Å². The smallest absolute Gasteiger partial charge is 0.191 e. The summed E-state index contributed by atoms with van der Waals surface area (Å²) in [4.78, 5) is 11.3. The highest BCUT2D eigenvalue weighted by Crippen LogP contribution is 2.19. The predicted molar refractivity (Wildman–Crippen MR) is 99.4 cm³/mol. The molecule has 2 heterocycles. The number of nitrogens with zero attached hydrogens (tertiary/aromatic N) is 3. The number of aryl methyl sites for hydroxylation is 1. The average Bonchev–Trinajstić information content (AvgIpc) is 3.08. The number of nitrogens with one attached hydrogen (secondary N) is 2. The van der Waals surface area contributed by atoms with Crippen molar-refractivity contribution in [2.45, 2.75) is 25.9 Å². The van der Waals surface area contributed by atoms with Crippen molar-refractivity contribution in [1.82, 2.24) is 15.6 Å². The van der Waals surface area contributed by atoms with Crippen LogP contribution in [0.2, 0.25) is 0 Å². The van der Waals surface area contributed by atoms with Gasteiger partial charge in [-0.2, -0.15) is 0 Å². The molecule has 1 fully saturated rings. The summed E-state index contributed by atoms with van der Waals surface area (Å²) < 4.78 is 0. The van der Waals surface area contributed by atoms with Crippen molar-refractivity contribution in [1.29, 1.82) is 0 Å². The van der Waals surface area contributed by atoms with Crippen LogP contribution in [0.25, 0.3) is 0 Å². The molecule has 5 heteroatoms. The second-order valence-corrected chi connectivity index (χ2v) is 6.11. The van der Waals surface area contributed by atoms with E-state index in [0.29, 0.717) is 12.6 Å². The summed E-state index contributed by atoms with van der Waals surface area (Å²) in [7, 11) is 1.81. The highest BCUT2D eigenvalue weighted by Gasteiger charge is 2.23. The molecule has 1 atom stereocenters. The summed E-state index contributed by atoms with van der Waals surface area (Å²) >= 11 is 0. The third kappa shape index (κ3) is 4.25. The minimum Gasteiger partial charge on any atom is -0.369 e. The van der Waals surface area contributed by atoms with Crippen molar-refractivity contribution in [3.05, 3.63) is 59.9 Å². The molecule has 0 bridgehead atoms. The maximum Gasteiger partial charge on any atom is 0.191 e. The first-order chi connectivity index (χ1) is 11.7. The Balaban J connectivity index is 1.51. The fourth-order valence-corrected chi connectivity index (χ4v) is 3.01. The lowest BCUT2D eigenvalue weighted by Gasteiger charge is -2.20. The molecule has 1 aromatic heterocycles. The van der Waals surface area contributed by atoms with Gasteiger partial charge in [0.05, 0.1) is 12.2 Å². The number of guanidine groups is 1. The fraction of sp³-hybridized carbons (Fsp3) is 0.368. The summed E-state index contributed by atoms with van der Waals surface area (Å²) in [6.07, 6.45) is 1.11. The molecular weight excluding hydrogens is 298 g/mol. The van der Waals surface area contributed by atoms with Gasteiger partial charge in [-0.15, -0.1) is 0 Å². The van der Waals surface area contributed by atoms with Crippen LogP contribution in [0.5, 0.6) is 0 Å². The maximum atomic E-state index is 4.51. The van der Waals surface area contributed by atoms with E-state index in [4.69, 9.17) is 0 Å². The van der Waals surface area contributed by atoms with Gasteiger partial charge in [0.15, 0.2) is 5.96 Å². The molecular formula is C19H25N5. The van der Waals surface area contributed by atoms with Crippen molar-refractivity contribution in [3.63, 3.8) is 0 Å². The van der Waals surface area contributed by atoms with Crippen LogP contribution in [-0.2, 0) is 6.54 Å². The number of aromatic nitrogens is 1. The van der Waals surface area contributed by atoms with E-state index in [9.17, 15) is 0 Å². The van der Waals surface area contributed by atoms with E-state index in [1.807, 2.05) is 32.2 Å². The van der Waals surface area contributed by atoms with Crippen LogP contribution < -0.4 is 15.5 Å². The van der Waals surface area contributed by atoms with E-state index in [2.05, 4.69) is 55.8 Å². The molecule has 126 valence electrons. The van der Waals surface area contributed by atoms with E-state index in [-0.39, 0.29) is 0 Å². The molecule has 1 aliphatic rings. The number of anilines is 1. The number of benzene rings is 1. The fourth-order valence-electron chi connectivity index (χ4n) is 3.01. The van der Waals surface area contributed by atoms with Gasteiger partial charge >= 0.3 is 0 Å². The van der Waals surface area contributed by atoms with Crippen LogP contribution in [0.15, 0.2) is 53.5 Å². The molecule has 1 aromatic carbocycles. The Morgan fingerprint density at radius 2 is 2.04 bits per heavy atom. The maximum absolute atomic E-state index is 4.51. The molecule has 0 amide bonds. The van der Waals surface area contributed by atoms with Gasteiger partial charge in [-0.05, 0) is 37.6 Å². The number of hydrogen-bond acceptors (Lipinski definition) is 3. The standard InChI is InChI=1S/C19H25N5/c1-15-7-6-8-16(22-15)13-21-19(20-2)23-17-11-12-24(14-17)18-9-4-3-5-10-18/h3-10,17H,11-14H2,1-2H3,(H2,20,21,23). The average molecular weight is 323 g/mol. The summed E-state index contributed by atoms with van der Waals surface area (Å²) in [5.41, 5.74) is 3.34. The molecule has 1 saturated heterocycles. The second-order valence-electron chi connectivity index (χ2n) is 6.11. The zero-order valence-corrected chi connectivity index (χ0v) is 14.4. The first kappa shape index (κ1) is 16.3. The largest absolute Gasteiger partial charge is 0.369 e. The van der Waals surface area contributed by atoms with Gasteiger partial charge < -0.3 is 15.5 Å². The van der Waals surface area contributed by atoms with Gasteiger partial charge in [0.2, 0.25) is 0 Å². The van der Waals surface area contributed by atoms with Gasteiger partial charge in [0.1, 0.15) is 0 Å². The Labute approximate surface area is 143 Å². The zero-order valence-electron chi connectivity index (χ0n) is 14.4. The molecule has 0 radical (unpaired) electrons. The van der Waals surface area contributed by atoms with Crippen molar-refractivity contribution in [2.75, 3.05) is 25.0 Å². The molecule has 0 saturated carbocycles. The molecule has 5 nitrogen and oxygen atoms in total. The van der Waals surface area contributed by atoms with Crippen molar-refractivity contribution in [2.24, 2.45) is 4.99 Å². The van der Waals surface area contributed by atoms with Crippen molar-refractivity contribution >= 4 is 11.6 Å². The highest BCUT2D eigenvalue weighted by molar-refractivity contribution is 5.80. The minimum atomic E-state index is 0.405. The van der Waals surface area contributed by atoms with Crippen LogP contribution in [0, 0.1) is 6.92 Å². The first-order valence-corrected chi connectivity index (χ1v) is 8.44. The summed E-state index contributed by atoms with van der Waals surface area (Å²) in [5, 5.41) is 6.87. The number of hydrogen-bond donors (Lipinski definition) is 2. The lowest BCUT2D eigenvalue weighted by molar-refractivity contribution is 0.647. The first-order valence-electron chi connectivity index (χ1n) is 8.44. The van der Waals surface area contributed by atoms with Crippen LogP contribution in [0.3, 0.4) is 0 Å². The number of aliphatic imine (C=N–C) groups is 1. The summed E-state index contributed by atoms with van der Waals surface area (Å²) in [6.45, 7) is 4.75. The Bertz CT molecular complexity index is 683. The molecule has 24 heavy (non-hydrogen) atoms. The van der Waals surface area contributed by atoms with Gasteiger partial charge in [0, 0.05) is 37.6 Å². The van der Waals surface area contributed by atoms with E-state index >= 15 is 0 Å². The van der Waals surface area contributed by atoms with E-state index in [1.165, 1.54) is 5.69 Å². The SMILES string of the molecule is CN=C(NCc1cccc(C)n1)NC1CCN(c2ccccc2)C1. The van der Waals surface area contributed by atoms with E-state index < -0.39 is 0 Å². The molecule has 2 N–H and O–H groups in total. The Hall–Kier alpha value is -2.56. The zero-order chi connectivity index (χ0) is 16.8.